The summed E-state index contributed by atoms with van der Waals surface area (Å²) in [7, 11) is 0. The number of nitrogens with two attached hydrogens (primary N) is 1. The van der Waals surface area contributed by atoms with E-state index in [2.05, 4.69) is 58.6 Å². The van der Waals surface area contributed by atoms with Gasteiger partial charge in [-0.15, -0.1) is 11.3 Å². The predicted octanol–water partition coefficient (Wildman–Crippen LogP) is 4.32. The van der Waals surface area contributed by atoms with Crippen LogP contribution in [-0.4, -0.2) is 0 Å². The van der Waals surface area contributed by atoms with Crippen LogP contribution in [0.25, 0.3) is 0 Å². The van der Waals surface area contributed by atoms with Crippen LogP contribution in [-0.2, 0) is 12.8 Å². The number of rotatable bonds is 4. The first-order chi connectivity index (χ1) is 8.20. The molecule has 0 spiro atoms. The molecule has 0 amide bonds. The number of aryl methyl sites for hydroxylation is 1. The third-order valence-corrected chi connectivity index (χ3v) is 4.60. The molecule has 1 heterocycles. The summed E-state index contributed by atoms with van der Waals surface area (Å²) in [5.74, 6) is 0. The molecule has 2 N–H and O–H groups in total. The van der Waals surface area contributed by atoms with Gasteiger partial charge >= 0.3 is 0 Å². The molecule has 0 radical (unpaired) electrons. The van der Waals surface area contributed by atoms with Gasteiger partial charge in [0.1, 0.15) is 0 Å². The summed E-state index contributed by atoms with van der Waals surface area (Å²) in [6.45, 7) is 2.17. The molecule has 0 bridgehead atoms. The van der Waals surface area contributed by atoms with E-state index in [1.807, 2.05) is 0 Å². The van der Waals surface area contributed by atoms with E-state index in [0.717, 1.165) is 17.3 Å². The zero-order chi connectivity index (χ0) is 12.3. The molecule has 0 fully saturated rings. The fourth-order valence-electron chi connectivity index (χ4n) is 2.01. The molecule has 1 aromatic carbocycles. The van der Waals surface area contributed by atoms with E-state index < -0.39 is 0 Å². The number of hydrogen-bond acceptors (Lipinski definition) is 2. The van der Waals surface area contributed by atoms with Gasteiger partial charge in [0.25, 0.3) is 0 Å². The maximum Gasteiger partial charge on any atom is 0.0346 e. The topological polar surface area (TPSA) is 26.0 Å². The SMILES string of the molecule is CCc1ccccc1C(N)Cc1cc(Br)cs1. The minimum Gasteiger partial charge on any atom is -0.324 e. The third-order valence-electron chi connectivity index (χ3n) is 2.88. The van der Waals surface area contributed by atoms with Crippen LogP contribution in [0.1, 0.15) is 29.0 Å². The Labute approximate surface area is 115 Å². The van der Waals surface area contributed by atoms with E-state index in [-0.39, 0.29) is 6.04 Å². The number of halogens is 1. The lowest BCUT2D eigenvalue weighted by molar-refractivity contribution is 0.719. The maximum atomic E-state index is 6.30. The first-order valence-electron chi connectivity index (χ1n) is 5.77. The van der Waals surface area contributed by atoms with Crippen molar-refractivity contribution >= 4 is 27.3 Å². The van der Waals surface area contributed by atoms with Crippen LogP contribution < -0.4 is 5.73 Å². The first kappa shape index (κ1) is 12.8. The van der Waals surface area contributed by atoms with Gasteiger partial charge in [-0.25, -0.2) is 0 Å². The molecule has 2 aromatic rings. The molecule has 0 aliphatic rings. The highest BCUT2D eigenvalue weighted by Crippen LogP contribution is 2.26. The van der Waals surface area contributed by atoms with Gasteiger partial charge in [0.2, 0.25) is 0 Å². The second-order valence-electron chi connectivity index (χ2n) is 4.09. The zero-order valence-electron chi connectivity index (χ0n) is 9.82. The molecular formula is C14H16BrNS. The Bertz CT molecular complexity index is 492. The maximum absolute atomic E-state index is 6.30. The predicted molar refractivity (Wildman–Crippen MR) is 78.5 cm³/mol. The smallest absolute Gasteiger partial charge is 0.0346 e. The lowest BCUT2D eigenvalue weighted by atomic mass is 9.97. The van der Waals surface area contributed by atoms with Crippen LogP contribution in [0.4, 0.5) is 0 Å². The quantitative estimate of drug-likeness (QED) is 0.894. The van der Waals surface area contributed by atoms with Crippen molar-refractivity contribution in [3.8, 4) is 0 Å². The second kappa shape index (κ2) is 5.80. The molecule has 1 aromatic heterocycles. The van der Waals surface area contributed by atoms with Crippen LogP contribution >= 0.6 is 27.3 Å². The molecule has 3 heteroatoms. The second-order valence-corrected chi connectivity index (χ2v) is 6.01. The van der Waals surface area contributed by atoms with E-state index in [4.69, 9.17) is 5.73 Å². The van der Waals surface area contributed by atoms with Gasteiger partial charge in [-0.05, 0) is 39.5 Å². The Morgan fingerprint density at radius 2 is 2.12 bits per heavy atom. The highest BCUT2D eigenvalue weighted by molar-refractivity contribution is 9.10. The molecule has 0 aliphatic heterocycles. The van der Waals surface area contributed by atoms with E-state index in [9.17, 15) is 0 Å². The van der Waals surface area contributed by atoms with Crippen LogP contribution in [0.15, 0.2) is 40.2 Å². The highest BCUT2D eigenvalue weighted by atomic mass is 79.9. The van der Waals surface area contributed by atoms with Gasteiger partial charge in [0.05, 0.1) is 0 Å². The molecule has 2 rings (SSSR count). The van der Waals surface area contributed by atoms with Crippen molar-refractivity contribution in [2.45, 2.75) is 25.8 Å². The van der Waals surface area contributed by atoms with E-state index in [1.165, 1.54) is 16.0 Å². The van der Waals surface area contributed by atoms with Crippen molar-refractivity contribution in [2.75, 3.05) is 0 Å². The summed E-state index contributed by atoms with van der Waals surface area (Å²) in [5.41, 5.74) is 8.94. The van der Waals surface area contributed by atoms with Crippen molar-refractivity contribution in [3.05, 3.63) is 56.2 Å². The molecule has 90 valence electrons. The average Bonchev–Trinajstić information content (AvgIpc) is 2.74. The average molecular weight is 310 g/mol. The van der Waals surface area contributed by atoms with Crippen LogP contribution in [0, 0.1) is 0 Å². The summed E-state index contributed by atoms with van der Waals surface area (Å²) in [6, 6.07) is 10.7. The van der Waals surface area contributed by atoms with Crippen molar-refractivity contribution < 1.29 is 0 Å². The zero-order valence-corrected chi connectivity index (χ0v) is 12.2. The molecule has 1 atom stereocenters. The number of benzene rings is 1. The number of thiophene rings is 1. The van der Waals surface area contributed by atoms with Crippen molar-refractivity contribution in [1.29, 1.82) is 0 Å². The van der Waals surface area contributed by atoms with Crippen LogP contribution in [0.5, 0.6) is 0 Å². The summed E-state index contributed by atoms with van der Waals surface area (Å²) in [5, 5.41) is 2.10. The summed E-state index contributed by atoms with van der Waals surface area (Å²) in [6.07, 6.45) is 1.95. The van der Waals surface area contributed by atoms with Gasteiger partial charge in [-0.1, -0.05) is 31.2 Å². The molecule has 0 saturated heterocycles. The normalized spacial score (nSPS) is 12.6. The fraction of sp³-hybridized carbons (Fsp3) is 0.286. The third kappa shape index (κ3) is 3.18. The van der Waals surface area contributed by atoms with E-state index in [1.54, 1.807) is 11.3 Å². The lowest BCUT2D eigenvalue weighted by Gasteiger charge is -2.14. The van der Waals surface area contributed by atoms with Gasteiger partial charge in [0, 0.05) is 27.2 Å². The first-order valence-corrected chi connectivity index (χ1v) is 7.44. The molecule has 1 unspecified atom stereocenters. The molecule has 0 saturated carbocycles. The Morgan fingerprint density at radius 3 is 2.76 bits per heavy atom. The fourth-order valence-corrected chi connectivity index (χ4v) is 3.52. The summed E-state index contributed by atoms with van der Waals surface area (Å²) < 4.78 is 1.15. The molecule has 17 heavy (non-hydrogen) atoms. The summed E-state index contributed by atoms with van der Waals surface area (Å²) >= 11 is 5.24. The Kier molecular flexibility index (Phi) is 4.37. The highest BCUT2D eigenvalue weighted by Gasteiger charge is 2.11. The van der Waals surface area contributed by atoms with Crippen molar-refractivity contribution in [2.24, 2.45) is 5.73 Å². The van der Waals surface area contributed by atoms with Crippen molar-refractivity contribution in [1.82, 2.24) is 0 Å². The molecule has 1 nitrogen and oxygen atoms in total. The van der Waals surface area contributed by atoms with Gasteiger partial charge in [-0.3, -0.25) is 0 Å². The van der Waals surface area contributed by atoms with Crippen LogP contribution in [0.3, 0.4) is 0 Å². The minimum absolute atomic E-state index is 0.0942. The molecule has 0 aliphatic carbocycles. The monoisotopic (exact) mass is 309 g/mol. The Balaban J connectivity index is 2.16. The summed E-state index contributed by atoms with van der Waals surface area (Å²) in [4.78, 5) is 1.33. The standard InChI is InChI=1S/C14H16BrNS/c1-2-10-5-3-4-6-13(10)14(16)8-12-7-11(15)9-17-12/h3-7,9,14H,2,8,16H2,1H3. The molecular weight excluding hydrogens is 294 g/mol. The largest absolute Gasteiger partial charge is 0.324 e. The Morgan fingerprint density at radius 1 is 1.35 bits per heavy atom. The minimum atomic E-state index is 0.0942. The van der Waals surface area contributed by atoms with Crippen LogP contribution in [0.2, 0.25) is 0 Å². The van der Waals surface area contributed by atoms with Gasteiger partial charge in [0.15, 0.2) is 0 Å². The van der Waals surface area contributed by atoms with Gasteiger partial charge < -0.3 is 5.73 Å². The Hall–Kier alpha value is -0.640. The number of hydrogen-bond donors (Lipinski definition) is 1. The lowest BCUT2D eigenvalue weighted by Crippen LogP contribution is -2.14. The van der Waals surface area contributed by atoms with E-state index >= 15 is 0 Å². The van der Waals surface area contributed by atoms with Crippen molar-refractivity contribution in [3.63, 3.8) is 0 Å². The van der Waals surface area contributed by atoms with E-state index in [0.29, 0.717) is 0 Å². The van der Waals surface area contributed by atoms with Gasteiger partial charge in [-0.2, -0.15) is 0 Å².